The minimum atomic E-state index is 0.536. The Morgan fingerprint density at radius 2 is 0.605 bits per heavy atom. The fraction of sp³-hybridized carbons (Fsp3) is 0.931. The van der Waals surface area contributed by atoms with Crippen molar-refractivity contribution in [3.63, 3.8) is 0 Å². The first kappa shape index (κ1) is 37.4. The first-order valence-corrected chi connectivity index (χ1v) is 14.7. The molecule has 9 nitrogen and oxygen atoms in total. The molecule has 0 saturated heterocycles. The second kappa shape index (κ2) is 36.4. The topological polar surface area (TPSA) is 83.1 Å². The summed E-state index contributed by atoms with van der Waals surface area (Å²) in [6, 6.07) is 0. The summed E-state index contributed by atoms with van der Waals surface area (Å²) in [5, 5.41) is 0. The highest BCUT2D eigenvalue weighted by molar-refractivity contribution is 4.63. The number of rotatable bonds is 35. The lowest BCUT2D eigenvalue weighted by Crippen LogP contribution is -2.15. The zero-order valence-corrected chi connectivity index (χ0v) is 24.3. The van der Waals surface area contributed by atoms with Crippen LogP contribution in [-0.4, -0.2) is 119 Å². The molecule has 9 heteroatoms. The van der Waals surface area contributed by atoms with Gasteiger partial charge in [-0.25, -0.2) is 0 Å². The highest BCUT2D eigenvalue weighted by atomic mass is 16.6. The van der Waals surface area contributed by atoms with Gasteiger partial charge in [-0.2, -0.15) is 0 Å². The van der Waals surface area contributed by atoms with E-state index in [1.54, 1.807) is 6.08 Å². The molecule has 0 bridgehead atoms. The summed E-state index contributed by atoms with van der Waals surface area (Å²) in [7, 11) is 0. The number of unbranched alkanes of at least 4 members (excludes halogenated alkanes) is 7. The minimum Gasteiger partial charge on any atom is -0.379 e. The Balaban J connectivity index is 3.01. The van der Waals surface area contributed by atoms with E-state index in [4.69, 9.17) is 42.6 Å². The van der Waals surface area contributed by atoms with Gasteiger partial charge in [0.1, 0.15) is 0 Å². The number of hydrogen-bond donors (Lipinski definition) is 0. The van der Waals surface area contributed by atoms with Crippen LogP contribution in [0.2, 0.25) is 0 Å². The summed E-state index contributed by atoms with van der Waals surface area (Å²) >= 11 is 0. The molecule has 0 heterocycles. The Bertz CT molecular complexity index is 427. The van der Waals surface area contributed by atoms with Crippen molar-refractivity contribution in [3.8, 4) is 0 Å². The Labute approximate surface area is 232 Å². The summed E-state index contributed by atoms with van der Waals surface area (Å²) in [5.41, 5.74) is 0. The average Bonchev–Trinajstić information content (AvgIpc) is 2.93. The average molecular weight is 551 g/mol. The van der Waals surface area contributed by atoms with E-state index >= 15 is 0 Å². The van der Waals surface area contributed by atoms with E-state index in [0.29, 0.717) is 112 Å². The quantitative estimate of drug-likeness (QED) is 0.0839. The van der Waals surface area contributed by atoms with Crippen molar-refractivity contribution < 1.29 is 42.6 Å². The maximum Gasteiger partial charge on any atom is 0.0704 e. The van der Waals surface area contributed by atoms with Gasteiger partial charge in [-0.1, -0.05) is 57.9 Å². The van der Waals surface area contributed by atoms with Gasteiger partial charge in [0.2, 0.25) is 0 Å². The molecule has 0 aromatic carbocycles. The SMILES string of the molecule is C=CCOCCOCCOCCOCCOCCOCCOCCOCCOCCCCCCCCCC. The molecule has 0 aliphatic rings. The van der Waals surface area contributed by atoms with Gasteiger partial charge in [-0.3, -0.25) is 0 Å². The second-order valence-corrected chi connectivity index (χ2v) is 8.74. The summed E-state index contributed by atoms with van der Waals surface area (Å²) < 4.78 is 49.0. The minimum absolute atomic E-state index is 0.536. The van der Waals surface area contributed by atoms with E-state index < -0.39 is 0 Å². The first-order valence-electron chi connectivity index (χ1n) is 14.7. The third-order valence-electron chi connectivity index (χ3n) is 5.35. The van der Waals surface area contributed by atoms with Gasteiger partial charge in [0.05, 0.1) is 112 Å². The predicted molar refractivity (Wildman–Crippen MR) is 150 cm³/mol. The zero-order valence-electron chi connectivity index (χ0n) is 24.3. The van der Waals surface area contributed by atoms with Crippen molar-refractivity contribution >= 4 is 0 Å². The van der Waals surface area contributed by atoms with Gasteiger partial charge < -0.3 is 42.6 Å². The zero-order chi connectivity index (χ0) is 27.5. The van der Waals surface area contributed by atoms with Gasteiger partial charge in [-0.05, 0) is 6.42 Å². The van der Waals surface area contributed by atoms with Gasteiger partial charge >= 0.3 is 0 Å². The second-order valence-electron chi connectivity index (χ2n) is 8.74. The molecule has 38 heavy (non-hydrogen) atoms. The lowest BCUT2D eigenvalue weighted by atomic mass is 10.1. The van der Waals surface area contributed by atoms with Crippen molar-refractivity contribution in [2.75, 3.05) is 119 Å². The van der Waals surface area contributed by atoms with Gasteiger partial charge in [0.15, 0.2) is 0 Å². The maximum atomic E-state index is 5.61. The van der Waals surface area contributed by atoms with E-state index in [1.807, 2.05) is 0 Å². The van der Waals surface area contributed by atoms with Gasteiger partial charge in [0.25, 0.3) is 0 Å². The Hall–Kier alpha value is -0.620. The van der Waals surface area contributed by atoms with E-state index in [0.717, 1.165) is 13.0 Å². The van der Waals surface area contributed by atoms with Crippen LogP contribution >= 0.6 is 0 Å². The standard InChI is InChI=1S/C29H58O9/c1-3-5-6-7-8-9-10-11-13-31-15-17-33-19-21-35-23-25-37-27-29-38-28-26-36-24-22-34-20-18-32-16-14-30-12-4-2/h4H,2-3,5-29H2,1H3. The molecule has 0 aliphatic heterocycles. The monoisotopic (exact) mass is 550 g/mol. The molecule has 228 valence electrons. The fourth-order valence-electron chi connectivity index (χ4n) is 3.26. The summed E-state index contributed by atoms with van der Waals surface area (Å²) in [6.07, 6.45) is 12.3. The summed E-state index contributed by atoms with van der Waals surface area (Å²) in [6.45, 7) is 16.2. The predicted octanol–water partition coefficient (Wildman–Crippen LogP) is 4.46. The molecular formula is C29H58O9. The van der Waals surface area contributed by atoms with E-state index in [2.05, 4.69) is 13.5 Å². The summed E-state index contributed by atoms with van der Waals surface area (Å²) in [4.78, 5) is 0. The van der Waals surface area contributed by atoms with Crippen LogP contribution < -0.4 is 0 Å². The maximum absolute atomic E-state index is 5.61. The molecule has 0 aromatic rings. The lowest BCUT2D eigenvalue weighted by Gasteiger charge is -2.09. The molecule has 0 rings (SSSR count). The number of hydrogen-bond acceptors (Lipinski definition) is 9. The molecule has 0 amide bonds. The Kier molecular flexibility index (Phi) is 35.8. The molecule has 0 unspecified atom stereocenters. The van der Waals surface area contributed by atoms with Crippen molar-refractivity contribution in [1.82, 2.24) is 0 Å². The smallest absolute Gasteiger partial charge is 0.0704 e. The Morgan fingerprint density at radius 3 is 0.921 bits per heavy atom. The van der Waals surface area contributed by atoms with Crippen LogP contribution in [0.5, 0.6) is 0 Å². The largest absolute Gasteiger partial charge is 0.379 e. The lowest BCUT2D eigenvalue weighted by molar-refractivity contribution is -0.0246. The normalized spacial score (nSPS) is 11.4. The molecule has 0 fully saturated rings. The van der Waals surface area contributed by atoms with Crippen LogP contribution in [0.15, 0.2) is 12.7 Å². The summed E-state index contributed by atoms with van der Waals surface area (Å²) in [5.74, 6) is 0. The Morgan fingerprint density at radius 1 is 0.342 bits per heavy atom. The highest BCUT2D eigenvalue weighted by Crippen LogP contribution is 2.08. The van der Waals surface area contributed by atoms with Gasteiger partial charge in [-0.15, -0.1) is 6.58 Å². The first-order chi connectivity index (χ1) is 18.9. The van der Waals surface area contributed by atoms with Crippen molar-refractivity contribution in [3.05, 3.63) is 12.7 Å². The van der Waals surface area contributed by atoms with Crippen LogP contribution in [0.3, 0.4) is 0 Å². The van der Waals surface area contributed by atoms with Crippen LogP contribution in [0.1, 0.15) is 58.3 Å². The van der Waals surface area contributed by atoms with Crippen molar-refractivity contribution in [2.45, 2.75) is 58.3 Å². The molecule has 0 aliphatic carbocycles. The van der Waals surface area contributed by atoms with Crippen LogP contribution in [-0.2, 0) is 42.6 Å². The van der Waals surface area contributed by atoms with Crippen LogP contribution in [0.25, 0.3) is 0 Å². The molecule has 0 radical (unpaired) electrons. The molecule has 0 spiro atoms. The fourth-order valence-corrected chi connectivity index (χ4v) is 3.26. The van der Waals surface area contributed by atoms with E-state index in [9.17, 15) is 0 Å². The molecule has 0 aromatic heterocycles. The molecule has 0 atom stereocenters. The highest BCUT2D eigenvalue weighted by Gasteiger charge is 1.96. The van der Waals surface area contributed by atoms with Crippen LogP contribution in [0.4, 0.5) is 0 Å². The molecule has 0 saturated carbocycles. The van der Waals surface area contributed by atoms with E-state index in [-0.39, 0.29) is 0 Å². The van der Waals surface area contributed by atoms with E-state index in [1.165, 1.54) is 44.9 Å². The van der Waals surface area contributed by atoms with Gasteiger partial charge in [0, 0.05) is 6.61 Å². The van der Waals surface area contributed by atoms with Crippen molar-refractivity contribution in [2.24, 2.45) is 0 Å². The molecule has 0 N–H and O–H groups in total. The molecular weight excluding hydrogens is 492 g/mol. The number of ether oxygens (including phenoxy) is 9. The third kappa shape index (κ3) is 35.4. The third-order valence-corrected chi connectivity index (χ3v) is 5.35. The van der Waals surface area contributed by atoms with Crippen LogP contribution in [0, 0.1) is 0 Å². The van der Waals surface area contributed by atoms with Crippen molar-refractivity contribution in [1.29, 1.82) is 0 Å².